The fraction of sp³-hybridized carbons (Fsp3) is 0.0400. The molecule has 0 bridgehead atoms. The summed E-state index contributed by atoms with van der Waals surface area (Å²) in [4.78, 5) is 13.3. The van der Waals surface area contributed by atoms with Crippen LogP contribution in [0.3, 0.4) is 0 Å². The van der Waals surface area contributed by atoms with Gasteiger partial charge >= 0.3 is 0 Å². The summed E-state index contributed by atoms with van der Waals surface area (Å²) >= 11 is 11.5. The Bertz CT molecular complexity index is 1630. The molecule has 1 N–H and O–H groups in total. The van der Waals surface area contributed by atoms with E-state index in [9.17, 15) is 9.18 Å². The van der Waals surface area contributed by atoms with Gasteiger partial charge in [-0.05, 0) is 73.2 Å². The molecule has 2 aromatic carbocycles. The third-order valence-electron chi connectivity index (χ3n) is 5.49. The van der Waals surface area contributed by atoms with Crippen molar-refractivity contribution in [1.82, 2.24) is 19.3 Å². The fourth-order valence-electron chi connectivity index (χ4n) is 3.87. The van der Waals surface area contributed by atoms with Crippen LogP contribution in [0.1, 0.15) is 27.2 Å². The zero-order valence-corrected chi connectivity index (χ0v) is 19.4. The first-order valence-electron chi connectivity index (χ1n) is 10.3. The number of nitrogens with one attached hydrogen (secondary N) is 1. The molecule has 34 heavy (non-hydrogen) atoms. The van der Waals surface area contributed by atoms with E-state index in [2.05, 4.69) is 15.3 Å². The van der Waals surface area contributed by atoms with Crippen LogP contribution >= 0.6 is 23.8 Å². The zero-order valence-electron chi connectivity index (χ0n) is 17.9. The molecule has 0 radical (unpaired) electrons. The monoisotopic (exact) mass is 489 g/mol. The molecular weight excluding hydrogens is 473 g/mol. The molecule has 0 aliphatic rings. The number of carbonyl (C=O) groups excluding carboxylic acids is 1. The first-order valence-corrected chi connectivity index (χ1v) is 11.1. The molecule has 0 saturated carbocycles. The van der Waals surface area contributed by atoms with E-state index < -0.39 is 5.82 Å². The number of benzene rings is 2. The zero-order chi connectivity index (χ0) is 23.8. The van der Waals surface area contributed by atoms with Crippen LogP contribution in [0.2, 0.25) is 5.02 Å². The summed E-state index contributed by atoms with van der Waals surface area (Å²) in [6, 6.07) is 18.4. The molecule has 3 aromatic heterocycles. The van der Waals surface area contributed by atoms with Crippen molar-refractivity contribution in [2.45, 2.75) is 6.92 Å². The summed E-state index contributed by atoms with van der Waals surface area (Å²) in [7, 11) is 0. The second-order valence-corrected chi connectivity index (χ2v) is 8.42. The molecule has 5 aromatic rings. The largest absolute Gasteiger partial charge is 0.313 e. The van der Waals surface area contributed by atoms with Gasteiger partial charge < -0.3 is 4.40 Å². The molecular formula is C25H17ClFN5OS. The number of halogens is 2. The number of fused-ring (bicyclic) bond motifs is 1. The van der Waals surface area contributed by atoms with Gasteiger partial charge in [-0.2, -0.15) is 14.9 Å². The third-order valence-corrected chi connectivity index (χ3v) is 5.99. The van der Waals surface area contributed by atoms with Crippen molar-refractivity contribution in [2.75, 3.05) is 0 Å². The highest BCUT2D eigenvalue weighted by atomic mass is 35.5. The summed E-state index contributed by atoms with van der Waals surface area (Å²) in [6.45, 7) is 1.86. The number of ketones is 1. The average Bonchev–Trinajstić information content (AvgIpc) is 3.34. The Labute approximate surface area is 203 Å². The second-order valence-electron chi connectivity index (χ2n) is 7.60. The van der Waals surface area contributed by atoms with Crippen molar-refractivity contribution in [1.29, 1.82) is 0 Å². The van der Waals surface area contributed by atoms with Crippen molar-refractivity contribution >= 4 is 41.3 Å². The van der Waals surface area contributed by atoms with E-state index in [1.807, 2.05) is 47.9 Å². The molecule has 0 saturated heterocycles. The molecule has 0 spiro atoms. The standard InChI is InChI=1S/C25H17ClFN5OS/c1-15-20(14-28-32-24(29-30-25(32)34)17-5-4-6-18(26)13-17)21-7-2-3-12-31(21)22(15)23(33)16-8-10-19(27)11-9-16/h2-14H,1H3,(H,30,34)/b28-14+. The number of carbonyl (C=O) groups is 1. The van der Waals surface area contributed by atoms with Crippen LogP contribution in [0.25, 0.3) is 16.9 Å². The minimum atomic E-state index is -0.395. The quantitative estimate of drug-likeness (QED) is 0.185. The summed E-state index contributed by atoms with van der Waals surface area (Å²) in [5, 5.41) is 12.2. The molecule has 3 heterocycles. The van der Waals surface area contributed by atoms with Crippen LogP contribution in [0.5, 0.6) is 0 Å². The van der Waals surface area contributed by atoms with Crippen molar-refractivity contribution in [3.05, 3.63) is 111 Å². The van der Waals surface area contributed by atoms with Gasteiger partial charge in [-0.1, -0.05) is 29.8 Å². The van der Waals surface area contributed by atoms with Gasteiger partial charge in [0.1, 0.15) is 5.82 Å². The Morgan fingerprint density at radius 3 is 2.71 bits per heavy atom. The van der Waals surface area contributed by atoms with E-state index in [1.165, 1.54) is 28.9 Å². The van der Waals surface area contributed by atoms with E-state index in [4.69, 9.17) is 23.8 Å². The SMILES string of the molecule is Cc1c(/C=N/n2c(-c3cccc(Cl)c3)n[nH]c2=S)c2ccccn2c1C(=O)c1ccc(F)cc1. The van der Waals surface area contributed by atoms with E-state index in [0.29, 0.717) is 26.9 Å². The highest BCUT2D eigenvalue weighted by Gasteiger charge is 2.21. The summed E-state index contributed by atoms with van der Waals surface area (Å²) in [5.74, 6) is -0.0982. The number of aromatic amines is 1. The van der Waals surface area contributed by atoms with E-state index in [-0.39, 0.29) is 5.78 Å². The number of H-pyrrole nitrogens is 1. The number of rotatable bonds is 5. The minimum absolute atomic E-state index is 0.210. The molecule has 0 aliphatic carbocycles. The Kier molecular flexibility index (Phi) is 5.69. The van der Waals surface area contributed by atoms with Crippen LogP contribution in [-0.4, -0.2) is 31.3 Å². The number of hydrogen-bond donors (Lipinski definition) is 1. The first-order chi connectivity index (χ1) is 16.4. The smallest absolute Gasteiger partial charge is 0.216 e. The van der Waals surface area contributed by atoms with Gasteiger partial charge in [0.2, 0.25) is 10.6 Å². The Morgan fingerprint density at radius 1 is 1.15 bits per heavy atom. The lowest BCUT2D eigenvalue weighted by atomic mass is 10.0. The van der Waals surface area contributed by atoms with Crippen LogP contribution < -0.4 is 0 Å². The molecule has 0 atom stereocenters. The molecule has 5 rings (SSSR count). The summed E-state index contributed by atoms with van der Waals surface area (Å²) in [5.41, 5.74) is 3.93. The second kappa shape index (κ2) is 8.81. The molecule has 0 aliphatic heterocycles. The molecule has 9 heteroatoms. The first kappa shape index (κ1) is 21.9. The van der Waals surface area contributed by atoms with Gasteiger partial charge in [-0.25, -0.2) is 9.49 Å². The van der Waals surface area contributed by atoms with Gasteiger partial charge in [0.15, 0.2) is 5.82 Å². The van der Waals surface area contributed by atoms with Crippen LogP contribution in [0.4, 0.5) is 4.39 Å². The number of hydrogen-bond acceptors (Lipinski definition) is 4. The Morgan fingerprint density at radius 2 is 1.94 bits per heavy atom. The lowest BCUT2D eigenvalue weighted by Crippen LogP contribution is -2.07. The molecule has 0 fully saturated rings. The predicted molar refractivity (Wildman–Crippen MR) is 133 cm³/mol. The maximum Gasteiger partial charge on any atom is 0.216 e. The highest BCUT2D eigenvalue weighted by molar-refractivity contribution is 7.71. The van der Waals surface area contributed by atoms with Crippen LogP contribution in [0.15, 0.2) is 78.0 Å². The fourth-order valence-corrected chi connectivity index (χ4v) is 4.24. The lowest BCUT2D eigenvalue weighted by molar-refractivity contribution is 0.103. The topological polar surface area (TPSA) is 67.4 Å². The normalized spacial score (nSPS) is 11.5. The summed E-state index contributed by atoms with van der Waals surface area (Å²) < 4.78 is 17.0. The van der Waals surface area contributed by atoms with E-state index in [1.54, 1.807) is 18.3 Å². The van der Waals surface area contributed by atoms with Gasteiger partial charge in [0, 0.05) is 27.9 Å². The van der Waals surface area contributed by atoms with Crippen molar-refractivity contribution in [2.24, 2.45) is 5.10 Å². The number of nitrogens with zero attached hydrogens (tertiary/aromatic N) is 4. The highest BCUT2D eigenvalue weighted by Crippen LogP contribution is 2.25. The minimum Gasteiger partial charge on any atom is -0.313 e. The molecule has 0 amide bonds. The molecule has 6 nitrogen and oxygen atoms in total. The van der Waals surface area contributed by atoms with Gasteiger partial charge in [-0.15, -0.1) is 0 Å². The van der Waals surface area contributed by atoms with Crippen molar-refractivity contribution in [3.63, 3.8) is 0 Å². The van der Waals surface area contributed by atoms with Crippen LogP contribution in [0, 0.1) is 17.5 Å². The van der Waals surface area contributed by atoms with E-state index in [0.717, 1.165) is 22.2 Å². The van der Waals surface area contributed by atoms with Gasteiger partial charge in [0.05, 0.1) is 17.4 Å². The Hall–Kier alpha value is -3.88. The molecule has 168 valence electrons. The maximum atomic E-state index is 13.4. The maximum absolute atomic E-state index is 13.4. The van der Waals surface area contributed by atoms with Crippen molar-refractivity contribution in [3.8, 4) is 11.4 Å². The molecule has 0 unspecified atom stereocenters. The van der Waals surface area contributed by atoms with Crippen molar-refractivity contribution < 1.29 is 9.18 Å². The van der Waals surface area contributed by atoms with Gasteiger partial charge in [-0.3, -0.25) is 4.79 Å². The predicted octanol–water partition coefficient (Wildman–Crippen LogP) is 6.07. The number of pyridine rings is 1. The number of aromatic nitrogens is 4. The average molecular weight is 490 g/mol. The van der Waals surface area contributed by atoms with E-state index >= 15 is 0 Å². The van der Waals surface area contributed by atoms with Gasteiger partial charge in [0.25, 0.3) is 0 Å². The summed E-state index contributed by atoms with van der Waals surface area (Å²) in [6.07, 6.45) is 3.48. The van der Waals surface area contributed by atoms with Crippen LogP contribution in [-0.2, 0) is 0 Å². The lowest BCUT2D eigenvalue weighted by Gasteiger charge is -2.04. The third kappa shape index (κ3) is 3.87. The Balaban J connectivity index is 1.62.